The van der Waals surface area contributed by atoms with E-state index in [4.69, 9.17) is 5.73 Å². The molecule has 3 N–H and O–H groups in total. The second kappa shape index (κ2) is 6.71. The highest BCUT2D eigenvalue weighted by atomic mass is 32.1. The SMILES string of the molecule is Nc1cc(C(=O)Nc2ncc(Cc3cc(F)cc(F)c3)s2)ccn1. The molecule has 0 unspecified atom stereocenters. The molecule has 5 nitrogen and oxygen atoms in total. The van der Waals surface area contributed by atoms with Crippen LogP contribution in [0.3, 0.4) is 0 Å². The second-order valence-electron chi connectivity index (χ2n) is 5.01. The fourth-order valence-corrected chi connectivity index (χ4v) is 2.96. The van der Waals surface area contributed by atoms with E-state index in [9.17, 15) is 13.6 Å². The lowest BCUT2D eigenvalue weighted by Gasteiger charge is -2.02. The maximum Gasteiger partial charge on any atom is 0.257 e. The molecule has 0 aliphatic carbocycles. The standard InChI is InChI=1S/C16H12F2N4OS/c17-11-3-9(4-12(18)7-11)5-13-8-21-16(24-13)22-15(23)10-1-2-20-14(19)6-10/h1-4,6-8H,5H2,(H2,19,20)(H,21,22,23). The van der Waals surface area contributed by atoms with Gasteiger partial charge in [0.1, 0.15) is 17.5 Å². The van der Waals surface area contributed by atoms with E-state index < -0.39 is 11.6 Å². The number of nitrogen functional groups attached to an aromatic ring is 1. The maximum absolute atomic E-state index is 13.2. The molecule has 0 saturated carbocycles. The molecule has 2 heterocycles. The number of carbonyl (C=O) groups excluding carboxylic acids is 1. The first-order valence-corrected chi connectivity index (χ1v) is 7.74. The minimum atomic E-state index is -0.627. The molecule has 0 spiro atoms. The Labute approximate surface area is 140 Å². The zero-order chi connectivity index (χ0) is 17.1. The Kier molecular flexibility index (Phi) is 4.48. The Hall–Kier alpha value is -2.87. The lowest BCUT2D eigenvalue weighted by molar-refractivity contribution is 0.102. The number of nitrogens with two attached hydrogens (primary N) is 1. The summed E-state index contributed by atoms with van der Waals surface area (Å²) in [6, 6.07) is 6.35. The number of halogens is 2. The molecule has 0 aliphatic heterocycles. The van der Waals surface area contributed by atoms with Crippen LogP contribution in [0.15, 0.2) is 42.7 Å². The quantitative estimate of drug-likeness (QED) is 0.760. The van der Waals surface area contributed by atoms with Gasteiger partial charge >= 0.3 is 0 Å². The van der Waals surface area contributed by atoms with Gasteiger partial charge in [-0.05, 0) is 29.8 Å². The predicted molar refractivity (Wildman–Crippen MR) is 87.9 cm³/mol. The molecule has 24 heavy (non-hydrogen) atoms. The number of rotatable bonds is 4. The van der Waals surface area contributed by atoms with Gasteiger partial charge in [-0.2, -0.15) is 0 Å². The molecule has 2 aromatic heterocycles. The number of pyridine rings is 1. The van der Waals surface area contributed by atoms with Crippen molar-refractivity contribution in [2.45, 2.75) is 6.42 Å². The van der Waals surface area contributed by atoms with E-state index in [0.717, 1.165) is 10.9 Å². The number of benzene rings is 1. The minimum Gasteiger partial charge on any atom is -0.384 e. The van der Waals surface area contributed by atoms with Gasteiger partial charge in [0.2, 0.25) is 0 Å². The number of thiazole rings is 1. The Bertz CT molecular complexity index is 877. The summed E-state index contributed by atoms with van der Waals surface area (Å²) in [6.45, 7) is 0. The normalized spacial score (nSPS) is 10.6. The van der Waals surface area contributed by atoms with Crippen LogP contribution < -0.4 is 11.1 Å². The van der Waals surface area contributed by atoms with Gasteiger partial charge in [-0.15, -0.1) is 11.3 Å². The number of nitrogens with one attached hydrogen (secondary N) is 1. The summed E-state index contributed by atoms with van der Waals surface area (Å²) in [7, 11) is 0. The lowest BCUT2D eigenvalue weighted by Crippen LogP contribution is -2.12. The summed E-state index contributed by atoms with van der Waals surface area (Å²) in [5.74, 6) is -1.37. The zero-order valence-electron chi connectivity index (χ0n) is 12.3. The van der Waals surface area contributed by atoms with E-state index in [1.807, 2.05) is 0 Å². The lowest BCUT2D eigenvalue weighted by atomic mass is 10.1. The van der Waals surface area contributed by atoms with Crippen molar-refractivity contribution in [3.63, 3.8) is 0 Å². The number of anilines is 2. The Morgan fingerprint density at radius 3 is 2.62 bits per heavy atom. The summed E-state index contributed by atoms with van der Waals surface area (Å²) in [5, 5.41) is 3.04. The maximum atomic E-state index is 13.2. The molecular weight excluding hydrogens is 334 g/mol. The number of hydrogen-bond acceptors (Lipinski definition) is 5. The Morgan fingerprint density at radius 1 is 1.17 bits per heavy atom. The van der Waals surface area contributed by atoms with E-state index >= 15 is 0 Å². The summed E-state index contributed by atoms with van der Waals surface area (Å²) in [5.41, 5.74) is 6.40. The third-order valence-electron chi connectivity index (χ3n) is 3.12. The molecule has 0 atom stereocenters. The van der Waals surface area contributed by atoms with Crippen LogP contribution in [0.4, 0.5) is 19.7 Å². The molecule has 8 heteroatoms. The molecule has 122 valence electrons. The third kappa shape index (κ3) is 3.90. The van der Waals surface area contributed by atoms with Crippen molar-refractivity contribution in [2.75, 3.05) is 11.1 Å². The first-order chi connectivity index (χ1) is 11.5. The van der Waals surface area contributed by atoms with Gasteiger partial charge in [0.15, 0.2) is 5.13 Å². The van der Waals surface area contributed by atoms with Crippen LogP contribution >= 0.6 is 11.3 Å². The van der Waals surface area contributed by atoms with Crippen LogP contribution in [0, 0.1) is 11.6 Å². The van der Waals surface area contributed by atoms with Crippen LogP contribution in [0.1, 0.15) is 20.8 Å². The van der Waals surface area contributed by atoms with E-state index in [0.29, 0.717) is 22.7 Å². The molecule has 1 aromatic carbocycles. The first kappa shape index (κ1) is 16.0. The van der Waals surface area contributed by atoms with Gasteiger partial charge in [-0.1, -0.05) is 0 Å². The summed E-state index contributed by atoms with van der Waals surface area (Å²) in [6.07, 6.45) is 3.32. The largest absolute Gasteiger partial charge is 0.384 e. The molecular formula is C16H12F2N4OS. The van der Waals surface area contributed by atoms with E-state index in [1.165, 1.54) is 41.8 Å². The number of amides is 1. The highest BCUT2D eigenvalue weighted by Gasteiger charge is 2.10. The molecule has 3 aromatic rings. The molecule has 0 bridgehead atoms. The molecule has 0 radical (unpaired) electrons. The van der Waals surface area contributed by atoms with Gasteiger partial charge in [0.25, 0.3) is 5.91 Å². The monoisotopic (exact) mass is 346 g/mol. The molecule has 3 rings (SSSR count). The fourth-order valence-electron chi connectivity index (χ4n) is 2.12. The minimum absolute atomic E-state index is 0.246. The van der Waals surface area contributed by atoms with Crippen LogP contribution in [0.5, 0.6) is 0 Å². The van der Waals surface area contributed by atoms with Crippen LogP contribution in [0.2, 0.25) is 0 Å². The van der Waals surface area contributed by atoms with Crippen LogP contribution in [0.25, 0.3) is 0 Å². The molecule has 0 saturated heterocycles. The van der Waals surface area contributed by atoms with E-state index in [-0.39, 0.29) is 11.7 Å². The van der Waals surface area contributed by atoms with Crippen molar-refractivity contribution in [3.8, 4) is 0 Å². The van der Waals surface area contributed by atoms with Crippen molar-refractivity contribution >= 4 is 28.2 Å². The third-order valence-corrected chi connectivity index (χ3v) is 4.03. The van der Waals surface area contributed by atoms with Crippen molar-refractivity contribution < 1.29 is 13.6 Å². The molecule has 1 amide bonds. The fraction of sp³-hybridized carbons (Fsp3) is 0.0625. The summed E-state index contributed by atoms with van der Waals surface area (Å²) in [4.78, 5) is 20.8. The van der Waals surface area contributed by atoms with Crippen molar-refractivity contribution in [3.05, 3.63) is 70.4 Å². The number of carbonyl (C=O) groups is 1. The van der Waals surface area contributed by atoms with Gasteiger partial charge in [0.05, 0.1) is 0 Å². The van der Waals surface area contributed by atoms with Crippen molar-refractivity contribution in [1.82, 2.24) is 9.97 Å². The van der Waals surface area contributed by atoms with Crippen molar-refractivity contribution in [2.24, 2.45) is 0 Å². The number of aromatic nitrogens is 2. The average molecular weight is 346 g/mol. The van der Waals surface area contributed by atoms with Crippen LogP contribution in [-0.2, 0) is 6.42 Å². The summed E-state index contributed by atoms with van der Waals surface area (Å²) >= 11 is 1.23. The highest BCUT2D eigenvalue weighted by molar-refractivity contribution is 7.15. The topological polar surface area (TPSA) is 80.9 Å². The van der Waals surface area contributed by atoms with E-state index in [2.05, 4.69) is 15.3 Å². The van der Waals surface area contributed by atoms with E-state index in [1.54, 1.807) is 6.20 Å². The smallest absolute Gasteiger partial charge is 0.257 e. The molecule has 0 fully saturated rings. The highest BCUT2D eigenvalue weighted by Crippen LogP contribution is 2.22. The first-order valence-electron chi connectivity index (χ1n) is 6.92. The van der Waals surface area contributed by atoms with Gasteiger partial charge in [-0.3, -0.25) is 10.1 Å². The Morgan fingerprint density at radius 2 is 1.92 bits per heavy atom. The summed E-state index contributed by atoms with van der Waals surface area (Å²) < 4.78 is 26.4. The second-order valence-corrected chi connectivity index (χ2v) is 6.12. The molecule has 0 aliphatic rings. The van der Waals surface area contributed by atoms with Crippen LogP contribution in [-0.4, -0.2) is 15.9 Å². The van der Waals surface area contributed by atoms with Gasteiger partial charge in [0, 0.05) is 35.3 Å². The van der Waals surface area contributed by atoms with Crippen molar-refractivity contribution in [1.29, 1.82) is 0 Å². The number of hydrogen-bond donors (Lipinski definition) is 2. The van der Waals surface area contributed by atoms with Gasteiger partial charge in [-0.25, -0.2) is 18.7 Å². The van der Waals surface area contributed by atoms with Gasteiger partial charge < -0.3 is 5.73 Å². The zero-order valence-corrected chi connectivity index (χ0v) is 13.1. The average Bonchev–Trinajstić information content (AvgIpc) is 2.93. The predicted octanol–water partition coefficient (Wildman–Crippen LogP) is 3.24. The number of nitrogens with zero attached hydrogens (tertiary/aromatic N) is 2. The Balaban J connectivity index is 1.70.